The van der Waals surface area contributed by atoms with Gasteiger partial charge in [0.05, 0.1) is 40.7 Å². The molecule has 4 rings (SSSR count). The number of aryl methyl sites for hydroxylation is 1. The van der Waals surface area contributed by atoms with Gasteiger partial charge >= 0.3 is 12.3 Å². The smallest absolute Gasteiger partial charge is 0.452 e. The van der Waals surface area contributed by atoms with E-state index in [1.54, 1.807) is 6.92 Å². The zero-order valence-electron chi connectivity index (χ0n) is 23.3. The highest BCUT2D eigenvalue weighted by Gasteiger charge is 2.37. The van der Waals surface area contributed by atoms with Gasteiger partial charge in [-0.3, -0.25) is 9.59 Å². The van der Waals surface area contributed by atoms with Crippen LogP contribution in [0.1, 0.15) is 43.5 Å². The number of amides is 3. The van der Waals surface area contributed by atoms with Gasteiger partial charge in [0.2, 0.25) is 0 Å². The van der Waals surface area contributed by atoms with Crippen LogP contribution in [-0.2, 0) is 17.5 Å². The molecule has 228 valence electrons. The lowest BCUT2D eigenvalue weighted by Crippen LogP contribution is -2.45. The molecular weight excluding hydrogens is 611 g/mol. The quantitative estimate of drug-likeness (QED) is 0.311. The molecule has 3 heterocycles. The van der Waals surface area contributed by atoms with Gasteiger partial charge in [0.25, 0.3) is 17.6 Å². The van der Waals surface area contributed by atoms with Crippen molar-refractivity contribution in [2.24, 2.45) is 0 Å². The summed E-state index contributed by atoms with van der Waals surface area (Å²) in [5.74, 6) is -3.05. The molecule has 3 amide bonds. The molecule has 15 nitrogen and oxygen atoms in total. The summed E-state index contributed by atoms with van der Waals surface area (Å²) in [6.07, 6.45) is -4.29. The highest BCUT2D eigenvalue weighted by Crippen LogP contribution is 2.27. The number of hydrogen-bond donors (Lipinski definition) is 1. The van der Waals surface area contributed by atoms with Crippen molar-refractivity contribution in [3.8, 4) is 11.9 Å². The van der Waals surface area contributed by atoms with Gasteiger partial charge in [-0.25, -0.2) is 24.5 Å². The molecule has 0 spiro atoms. The third-order valence-corrected chi connectivity index (χ3v) is 6.35. The molecule has 0 bridgehead atoms. The number of hydrazine groups is 1. The van der Waals surface area contributed by atoms with E-state index in [1.165, 1.54) is 50.6 Å². The molecular formula is C25H21ClF3N11O4. The number of methoxy groups -OCH3 is 1. The van der Waals surface area contributed by atoms with E-state index >= 15 is 0 Å². The van der Waals surface area contributed by atoms with Crippen LogP contribution in [0.5, 0.6) is 0 Å². The van der Waals surface area contributed by atoms with Crippen molar-refractivity contribution >= 4 is 35.2 Å². The number of carbonyl (C=O) groups excluding carboxylic acids is 3. The Balaban J connectivity index is 1.76. The number of hydrogen-bond acceptors (Lipinski definition) is 10. The predicted octanol–water partition coefficient (Wildman–Crippen LogP) is 3.09. The van der Waals surface area contributed by atoms with Gasteiger partial charge in [-0.15, -0.1) is 10.2 Å². The van der Waals surface area contributed by atoms with Crippen molar-refractivity contribution in [2.45, 2.75) is 19.6 Å². The molecule has 0 saturated carbocycles. The second-order valence-electron chi connectivity index (χ2n) is 8.99. The van der Waals surface area contributed by atoms with Gasteiger partial charge < -0.3 is 10.1 Å². The molecule has 0 aliphatic heterocycles. The van der Waals surface area contributed by atoms with Gasteiger partial charge in [0.15, 0.2) is 5.82 Å². The van der Waals surface area contributed by atoms with Crippen molar-refractivity contribution in [3.63, 3.8) is 0 Å². The maximum absolute atomic E-state index is 13.7. The van der Waals surface area contributed by atoms with Crippen molar-refractivity contribution in [1.29, 1.82) is 5.26 Å². The summed E-state index contributed by atoms with van der Waals surface area (Å²) in [5, 5.41) is 28.0. The summed E-state index contributed by atoms with van der Waals surface area (Å²) in [7, 11) is 3.69. The highest BCUT2D eigenvalue weighted by molar-refractivity contribution is 6.32. The fraction of sp³-hybridized carbons (Fsp3) is 0.240. The van der Waals surface area contributed by atoms with E-state index in [9.17, 15) is 32.8 Å². The van der Waals surface area contributed by atoms with Crippen molar-refractivity contribution in [1.82, 2.24) is 45.0 Å². The fourth-order valence-electron chi connectivity index (χ4n) is 3.86. The Morgan fingerprint density at radius 2 is 1.89 bits per heavy atom. The third kappa shape index (κ3) is 6.42. The molecule has 0 atom stereocenters. The Morgan fingerprint density at radius 1 is 1.16 bits per heavy atom. The van der Waals surface area contributed by atoms with Crippen LogP contribution in [0.3, 0.4) is 0 Å². The molecule has 0 unspecified atom stereocenters. The van der Waals surface area contributed by atoms with Gasteiger partial charge in [-0.05, 0) is 48.0 Å². The number of nitriles is 1. The maximum atomic E-state index is 13.7. The number of anilines is 1. The average molecular weight is 632 g/mol. The first kappa shape index (κ1) is 31.4. The standard InChI is InChI=1S/C25H21ClF3N11O4/c1-13-8-14(11-30)9-16(22(42)37(2)38(3)24(43)44-4)19(13)32-21(41)18-10-15(12-39-35-23(33-36-39)25(27,28)29)34-40(18)20-17(26)6-5-7-31-20/h5-10H,12H2,1-4H3,(H,32,41). The molecule has 0 fully saturated rings. The molecule has 0 radical (unpaired) electrons. The molecule has 0 saturated heterocycles. The first-order valence-electron chi connectivity index (χ1n) is 12.3. The van der Waals surface area contributed by atoms with Crippen molar-refractivity contribution in [3.05, 3.63) is 75.5 Å². The van der Waals surface area contributed by atoms with E-state index in [0.29, 0.717) is 10.4 Å². The predicted molar refractivity (Wildman–Crippen MR) is 144 cm³/mol. The third-order valence-electron chi connectivity index (χ3n) is 6.06. The van der Waals surface area contributed by atoms with Crippen LogP contribution in [0.4, 0.5) is 23.7 Å². The number of tetrazole rings is 1. The summed E-state index contributed by atoms with van der Waals surface area (Å²) < 4.78 is 44.6. The minimum Gasteiger partial charge on any atom is -0.452 e. The molecule has 19 heteroatoms. The lowest BCUT2D eigenvalue weighted by molar-refractivity contribution is -0.145. The Bertz CT molecular complexity index is 1800. The molecule has 1 N–H and O–H groups in total. The number of pyridine rings is 1. The number of aromatic nitrogens is 7. The van der Waals surface area contributed by atoms with E-state index < -0.39 is 36.5 Å². The van der Waals surface area contributed by atoms with E-state index in [4.69, 9.17) is 11.6 Å². The van der Waals surface area contributed by atoms with Crippen molar-refractivity contribution < 1.29 is 32.3 Å². The molecule has 4 aromatic rings. The number of carbonyl (C=O) groups is 3. The highest BCUT2D eigenvalue weighted by atomic mass is 35.5. The summed E-state index contributed by atoms with van der Waals surface area (Å²) >= 11 is 6.30. The normalized spacial score (nSPS) is 11.1. The largest absolute Gasteiger partial charge is 0.455 e. The molecule has 1 aromatic carbocycles. The van der Waals surface area contributed by atoms with E-state index in [0.717, 1.165) is 21.8 Å². The van der Waals surface area contributed by atoms with Crippen LogP contribution in [0.15, 0.2) is 36.5 Å². The lowest BCUT2D eigenvalue weighted by atomic mass is 10.0. The van der Waals surface area contributed by atoms with E-state index in [1.807, 2.05) is 6.07 Å². The van der Waals surface area contributed by atoms with Gasteiger partial charge in [0, 0.05) is 20.3 Å². The van der Waals surface area contributed by atoms with Crippen LogP contribution in [-0.4, -0.2) is 84.1 Å². The maximum Gasteiger partial charge on any atom is 0.455 e. The van der Waals surface area contributed by atoms with Crippen LogP contribution in [0, 0.1) is 18.3 Å². The summed E-state index contributed by atoms with van der Waals surface area (Å²) in [4.78, 5) is 44.0. The van der Waals surface area contributed by atoms with Gasteiger partial charge in [-0.1, -0.05) is 11.6 Å². The van der Waals surface area contributed by atoms with Gasteiger partial charge in [-0.2, -0.15) is 28.3 Å². The molecule has 0 aliphatic rings. The fourth-order valence-corrected chi connectivity index (χ4v) is 4.06. The van der Waals surface area contributed by atoms with E-state index in [2.05, 4.69) is 35.5 Å². The van der Waals surface area contributed by atoms with Crippen LogP contribution in [0.2, 0.25) is 5.02 Å². The molecule has 0 aliphatic carbocycles. The molecule has 44 heavy (non-hydrogen) atoms. The zero-order valence-corrected chi connectivity index (χ0v) is 24.0. The van der Waals surface area contributed by atoms with Crippen LogP contribution in [0.25, 0.3) is 5.82 Å². The minimum absolute atomic E-state index is 0.00158. The first-order chi connectivity index (χ1) is 20.7. The van der Waals surface area contributed by atoms with Crippen LogP contribution < -0.4 is 5.32 Å². The second kappa shape index (κ2) is 12.3. The number of nitrogens with one attached hydrogen (secondary N) is 1. The summed E-state index contributed by atoms with van der Waals surface area (Å²) in [6.45, 7) is 1.13. The average Bonchev–Trinajstić information content (AvgIpc) is 3.64. The molecule has 3 aromatic heterocycles. The lowest BCUT2D eigenvalue weighted by Gasteiger charge is -2.28. The van der Waals surface area contributed by atoms with Crippen molar-refractivity contribution in [2.75, 3.05) is 26.5 Å². The number of rotatable bonds is 6. The number of alkyl halides is 3. The Hall–Kier alpha value is -5.57. The Labute approximate surface area is 251 Å². The Morgan fingerprint density at radius 3 is 2.50 bits per heavy atom. The van der Waals surface area contributed by atoms with Crippen LogP contribution >= 0.6 is 11.6 Å². The summed E-state index contributed by atoms with van der Waals surface area (Å²) in [6, 6.07) is 8.87. The summed E-state index contributed by atoms with van der Waals surface area (Å²) in [5.41, 5.74) is 0.141. The monoisotopic (exact) mass is 631 g/mol. The van der Waals surface area contributed by atoms with E-state index in [-0.39, 0.29) is 39.0 Å². The number of ether oxygens (including phenoxy) is 1. The minimum atomic E-state index is -4.82. The number of nitrogens with zero attached hydrogens (tertiary/aromatic N) is 10. The SMILES string of the molecule is COC(=O)N(C)N(C)C(=O)c1cc(C#N)cc(C)c1NC(=O)c1cc(Cn2nnc(C(F)(F)F)n2)nn1-c1ncccc1Cl. The first-order valence-corrected chi connectivity index (χ1v) is 12.6. The van der Waals surface area contributed by atoms with Gasteiger partial charge in [0.1, 0.15) is 12.2 Å². The topological polar surface area (TPSA) is 177 Å². The second-order valence-corrected chi connectivity index (χ2v) is 9.39. The number of benzene rings is 1. The number of halogens is 4. The Kier molecular flexibility index (Phi) is 8.80. The zero-order chi connectivity index (χ0) is 32.3.